The number of amides is 2. The molecule has 0 aliphatic carbocycles. The summed E-state index contributed by atoms with van der Waals surface area (Å²) in [5.41, 5.74) is -1.46. The van der Waals surface area contributed by atoms with Crippen molar-refractivity contribution >= 4 is 12.2 Å². The van der Waals surface area contributed by atoms with Gasteiger partial charge in [-0.1, -0.05) is 6.92 Å². The number of carbonyl (C=O) groups is 2. The molecule has 2 amide bonds. The molecule has 0 aliphatic rings. The van der Waals surface area contributed by atoms with E-state index in [0.717, 1.165) is 18.0 Å². The first-order valence-electron chi connectivity index (χ1n) is 11.6. The molecule has 0 N–H and O–H groups in total. The van der Waals surface area contributed by atoms with Crippen LogP contribution in [0.25, 0.3) is 0 Å². The second-order valence-corrected chi connectivity index (χ2v) is 9.46. The third-order valence-corrected chi connectivity index (χ3v) is 3.96. The second-order valence-electron chi connectivity index (χ2n) is 9.46. The predicted molar refractivity (Wildman–Crippen MR) is 126 cm³/mol. The summed E-state index contributed by atoms with van der Waals surface area (Å²) in [6, 6.07) is 0. The molecule has 0 atom stereocenters. The van der Waals surface area contributed by atoms with Gasteiger partial charge in [0.25, 0.3) is 0 Å². The summed E-state index contributed by atoms with van der Waals surface area (Å²) in [6.45, 7) is 18.0. The van der Waals surface area contributed by atoms with Gasteiger partial charge in [0.15, 0.2) is 0 Å². The van der Waals surface area contributed by atoms with Crippen LogP contribution in [-0.4, -0.2) is 113 Å². The molecule has 0 saturated heterocycles. The molecular formula is C23H46N2O8. The average Bonchev–Trinajstić information content (AvgIpc) is 2.67. The number of imide groups is 1. The summed E-state index contributed by atoms with van der Waals surface area (Å²) in [6.07, 6.45) is -1.54. The third-order valence-electron chi connectivity index (χ3n) is 3.96. The quantitative estimate of drug-likeness (QED) is 0.310. The zero-order valence-corrected chi connectivity index (χ0v) is 21.9. The van der Waals surface area contributed by atoms with Gasteiger partial charge in [-0.2, -0.15) is 0 Å². The number of hydrogen-bond donors (Lipinski definition) is 0. The van der Waals surface area contributed by atoms with E-state index < -0.39 is 23.4 Å². The molecule has 0 aliphatic heterocycles. The van der Waals surface area contributed by atoms with Gasteiger partial charge < -0.3 is 33.3 Å². The Morgan fingerprint density at radius 1 is 0.606 bits per heavy atom. The highest BCUT2D eigenvalue weighted by Gasteiger charge is 2.30. The molecule has 196 valence electrons. The van der Waals surface area contributed by atoms with Gasteiger partial charge in [0.05, 0.1) is 59.4 Å². The van der Waals surface area contributed by atoms with E-state index in [-0.39, 0.29) is 13.2 Å². The van der Waals surface area contributed by atoms with Gasteiger partial charge in [-0.3, -0.25) is 0 Å². The molecule has 0 bridgehead atoms. The molecule has 0 aromatic heterocycles. The van der Waals surface area contributed by atoms with Gasteiger partial charge in [0, 0.05) is 6.54 Å². The molecule has 33 heavy (non-hydrogen) atoms. The topological polar surface area (TPSA) is 96.0 Å². The molecule has 0 spiro atoms. The van der Waals surface area contributed by atoms with Gasteiger partial charge in [-0.05, 0) is 55.1 Å². The van der Waals surface area contributed by atoms with Crippen molar-refractivity contribution in [1.29, 1.82) is 0 Å². The summed E-state index contributed by atoms with van der Waals surface area (Å²) in [5, 5.41) is 0. The number of nitrogens with zero attached hydrogens (tertiary/aromatic N) is 2. The normalized spacial score (nSPS) is 12.2. The molecule has 0 saturated carbocycles. The first kappa shape index (κ1) is 31.5. The zero-order chi connectivity index (χ0) is 25.3. The van der Waals surface area contributed by atoms with Crippen LogP contribution in [0.2, 0.25) is 0 Å². The minimum atomic E-state index is -0.768. The number of rotatable bonds is 16. The number of hydrogen-bond acceptors (Lipinski definition) is 9. The summed E-state index contributed by atoms with van der Waals surface area (Å²) >= 11 is 0. The van der Waals surface area contributed by atoms with Crippen LogP contribution in [-0.2, 0) is 28.4 Å². The van der Waals surface area contributed by atoms with Crippen molar-refractivity contribution < 1.29 is 38.0 Å². The number of ether oxygens (including phenoxy) is 6. The van der Waals surface area contributed by atoms with E-state index in [9.17, 15) is 9.59 Å². The molecule has 10 nitrogen and oxygen atoms in total. The average molecular weight is 479 g/mol. The molecule has 0 aromatic carbocycles. The third kappa shape index (κ3) is 19.7. The standard InChI is InChI=1S/C23H46N2O8/c1-9-24(8)10-12-28-14-16-30-18-19-31-17-15-29-13-11-25(20(26)32-22(2,3)4)21(27)33-23(5,6)7/h9-19H2,1-8H3. The maximum Gasteiger partial charge on any atom is 0.419 e. The van der Waals surface area contributed by atoms with Gasteiger partial charge in [-0.15, -0.1) is 0 Å². The second kappa shape index (κ2) is 17.0. The number of likely N-dealkylation sites (N-methyl/N-ethyl adjacent to an activating group) is 1. The van der Waals surface area contributed by atoms with Gasteiger partial charge in [-0.25, -0.2) is 14.5 Å². The summed E-state index contributed by atoms with van der Waals surface area (Å²) in [7, 11) is 2.05. The van der Waals surface area contributed by atoms with Crippen molar-refractivity contribution in [2.45, 2.75) is 59.7 Å². The Kier molecular flexibility index (Phi) is 16.3. The summed E-state index contributed by atoms with van der Waals surface area (Å²) in [5.74, 6) is 0. The highest BCUT2D eigenvalue weighted by molar-refractivity contribution is 5.88. The molecule has 0 heterocycles. The van der Waals surface area contributed by atoms with Crippen molar-refractivity contribution in [2.75, 3.05) is 79.5 Å². The Morgan fingerprint density at radius 2 is 0.939 bits per heavy atom. The lowest BCUT2D eigenvalue weighted by atomic mass is 10.2. The first-order chi connectivity index (χ1) is 15.4. The minimum Gasteiger partial charge on any atom is -0.443 e. The van der Waals surface area contributed by atoms with Crippen molar-refractivity contribution in [3.05, 3.63) is 0 Å². The fraction of sp³-hybridized carbons (Fsp3) is 0.913. The summed E-state index contributed by atoms with van der Waals surface area (Å²) < 4.78 is 32.4. The Bertz CT molecular complexity index is 504. The fourth-order valence-electron chi connectivity index (χ4n) is 2.19. The van der Waals surface area contributed by atoms with E-state index in [1.807, 2.05) is 0 Å². The van der Waals surface area contributed by atoms with Crippen LogP contribution in [0.15, 0.2) is 0 Å². The van der Waals surface area contributed by atoms with Crippen molar-refractivity contribution in [2.24, 2.45) is 0 Å². The monoisotopic (exact) mass is 478 g/mol. The molecule has 0 unspecified atom stereocenters. The minimum absolute atomic E-state index is 0.0149. The molecule has 10 heteroatoms. The highest BCUT2D eigenvalue weighted by Crippen LogP contribution is 2.14. The van der Waals surface area contributed by atoms with Gasteiger partial charge in [0.2, 0.25) is 0 Å². The molecule has 0 aromatic rings. The Morgan fingerprint density at radius 3 is 1.27 bits per heavy atom. The van der Waals surface area contributed by atoms with E-state index in [4.69, 9.17) is 28.4 Å². The maximum absolute atomic E-state index is 12.4. The lowest BCUT2D eigenvalue weighted by molar-refractivity contribution is -0.0146. The lowest BCUT2D eigenvalue weighted by Gasteiger charge is -2.28. The van der Waals surface area contributed by atoms with E-state index in [2.05, 4.69) is 18.9 Å². The van der Waals surface area contributed by atoms with Gasteiger partial charge >= 0.3 is 12.2 Å². The van der Waals surface area contributed by atoms with Crippen molar-refractivity contribution in [1.82, 2.24) is 9.80 Å². The van der Waals surface area contributed by atoms with E-state index in [1.165, 1.54) is 0 Å². The van der Waals surface area contributed by atoms with Crippen molar-refractivity contribution in [3.8, 4) is 0 Å². The molecule has 0 radical (unpaired) electrons. The van der Waals surface area contributed by atoms with Crippen LogP contribution in [0.1, 0.15) is 48.5 Å². The molecular weight excluding hydrogens is 432 g/mol. The van der Waals surface area contributed by atoms with E-state index in [1.54, 1.807) is 41.5 Å². The van der Waals surface area contributed by atoms with Crippen LogP contribution >= 0.6 is 0 Å². The fourth-order valence-corrected chi connectivity index (χ4v) is 2.19. The maximum atomic E-state index is 12.4. The van der Waals surface area contributed by atoms with E-state index in [0.29, 0.717) is 46.2 Å². The zero-order valence-electron chi connectivity index (χ0n) is 21.9. The largest absolute Gasteiger partial charge is 0.443 e. The Hall–Kier alpha value is -1.46. The van der Waals surface area contributed by atoms with Gasteiger partial charge in [0.1, 0.15) is 11.2 Å². The Labute approximate surface area is 199 Å². The Balaban J connectivity index is 3.95. The first-order valence-corrected chi connectivity index (χ1v) is 11.6. The van der Waals surface area contributed by atoms with Crippen LogP contribution in [0.4, 0.5) is 9.59 Å². The smallest absolute Gasteiger partial charge is 0.419 e. The summed E-state index contributed by atoms with van der Waals surface area (Å²) in [4.78, 5) is 27.8. The van der Waals surface area contributed by atoms with Crippen LogP contribution in [0.5, 0.6) is 0 Å². The SMILES string of the molecule is CCN(C)CCOCCOCCOCCOCCN(C(=O)OC(C)(C)C)C(=O)OC(C)(C)C. The molecule has 0 rings (SSSR count). The van der Waals surface area contributed by atoms with Crippen LogP contribution < -0.4 is 0 Å². The lowest BCUT2D eigenvalue weighted by Crippen LogP contribution is -2.45. The molecule has 0 fully saturated rings. The van der Waals surface area contributed by atoms with Crippen molar-refractivity contribution in [3.63, 3.8) is 0 Å². The van der Waals surface area contributed by atoms with Crippen LogP contribution in [0.3, 0.4) is 0 Å². The predicted octanol–water partition coefficient (Wildman–Crippen LogP) is 3.18. The highest BCUT2D eigenvalue weighted by atomic mass is 16.6. The number of carbonyl (C=O) groups excluding carboxylic acids is 2. The van der Waals surface area contributed by atoms with E-state index >= 15 is 0 Å². The van der Waals surface area contributed by atoms with Crippen LogP contribution in [0, 0.1) is 0 Å².